The molecule has 12 nitrogen and oxygen atoms in total. The maximum absolute atomic E-state index is 13.8. The number of ether oxygens (including phenoxy) is 1. The molecule has 0 spiro atoms. The fourth-order valence-electron chi connectivity index (χ4n) is 4.21. The van der Waals surface area contributed by atoms with E-state index >= 15 is 0 Å². The number of fused-ring (bicyclic) bond motifs is 1. The quantitative estimate of drug-likeness (QED) is 0.348. The summed E-state index contributed by atoms with van der Waals surface area (Å²) in [7, 11) is -4.55. The summed E-state index contributed by atoms with van der Waals surface area (Å²) < 4.78 is 74.6. The maximum Gasteiger partial charge on any atom is 0.436 e. The number of nitro groups is 1. The van der Waals surface area contributed by atoms with E-state index in [-0.39, 0.29) is 23.7 Å². The number of nitro benzene ring substituents is 1. The fourth-order valence-corrected chi connectivity index (χ4v) is 5.97. The van der Waals surface area contributed by atoms with Gasteiger partial charge in [-0.1, -0.05) is 0 Å². The van der Waals surface area contributed by atoms with Crippen molar-refractivity contribution in [2.24, 2.45) is 0 Å². The molecule has 1 amide bonds. The molecule has 0 saturated carbocycles. The van der Waals surface area contributed by atoms with Crippen LogP contribution < -0.4 is 5.32 Å². The largest absolute Gasteiger partial charge is 0.448 e. The predicted octanol–water partition coefficient (Wildman–Crippen LogP) is 3.91. The second-order valence-corrected chi connectivity index (χ2v) is 10.7. The molecule has 0 radical (unpaired) electrons. The van der Waals surface area contributed by atoms with Crippen molar-refractivity contribution in [3.8, 4) is 0 Å². The predicted molar refractivity (Wildman–Crippen MR) is 128 cm³/mol. The molecule has 206 valence electrons. The van der Waals surface area contributed by atoms with Gasteiger partial charge in [-0.15, -0.1) is 4.68 Å². The molecule has 2 heterocycles. The molecule has 39 heavy (non-hydrogen) atoms. The Hall–Kier alpha value is -4.31. The van der Waals surface area contributed by atoms with Crippen molar-refractivity contribution < 1.29 is 40.8 Å². The van der Waals surface area contributed by atoms with Crippen LogP contribution in [0.3, 0.4) is 0 Å². The molecular formula is C23H20F3N5O7S. The highest BCUT2D eigenvalue weighted by Gasteiger charge is 2.49. The van der Waals surface area contributed by atoms with Gasteiger partial charge >= 0.3 is 6.09 Å². The molecule has 4 rings (SSSR count). The third-order valence-electron chi connectivity index (χ3n) is 5.99. The van der Waals surface area contributed by atoms with Crippen LogP contribution in [0.4, 0.5) is 29.5 Å². The molecule has 2 aromatic carbocycles. The molecule has 1 N–H and O–H groups in total. The number of sulfonamides is 1. The number of anilines is 1. The lowest BCUT2D eigenvalue weighted by Gasteiger charge is -2.30. The molecule has 1 aliphatic heterocycles. The van der Waals surface area contributed by atoms with Gasteiger partial charge in [0.2, 0.25) is 10.0 Å². The molecule has 3 aromatic rings. The molecular weight excluding hydrogens is 547 g/mol. The molecule has 0 saturated heterocycles. The zero-order chi connectivity index (χ0) is 28.9. The van der Waals surface area contributed by atoms with E-state index in [1.807, 2.05) is 0 Å². The SMILES string of the molecule is CCOC(=O)n1nc2c(c1NC(=O)c1ccc(F)cc1[N+](=O)[O-])CN(S(=O)(=O)c1cc(F)cc(F)c1)C2(C)C. The summed E-state index contributed by atoms with van der Waals surface area (Å²) in [5.41, 5.74) is -2.89. The lowest BCUT2D eigenvalue weighted by molar-refractivity contribution is -0.385. The summed E-state index contributed by atoms with van der Waals surface area (Å²) in [5.74, 6) is -4.69. The minimum absolute atomic E-state index is 0.0000844. The fraction of sp³-hybridized carbons (Fsp3) is 0.261. The van der Waals surface area contributed by atoms with E-state index < -0.39 is 72.6 Å². The van der Waals surface area contributed by atoms with Crippen molar-refractivity contribution in [3.63, 3.8) is 0 Å². The third-order valence-corrected chi connectivity index (χ3v) is 7.98. The van der Waals surface area contributed by atoms with Crippen molar-refractivity contribution in [1.82, 2.24) is 14.1 Å². The Labute approximate surface area is 219 Å². The number of benzene rings is 2. The van der Waals surface area contributed by atoms with E-state index in [2.05, 4.69) is 10.4 Å². The topological polar surface area (TPSA) is 154 Å². The third kappa shape index (κ3) is 4.83. The first-order valence-electron chi connectivity index (χ1n) is 11.2. The van der Waals surface area contributed by atoms with Crippen LogP contribution in [-0.4, -0.2) is 46.0 Å². The van der Waals surface area contributed by atoms with Crippen LogP contribution in [0.2, 0.25) is 0 Å². The van der Waals surface area contributed by atoms with Gasteiger partial charge in [-0.2, -0.15) is 9.40 Å². The highest BCUT2D eigenvalue weighted by molar-refractivity contribution is 7.89. The number of rotatable bonds is 6. The average molecular weight is 568 g/mol. The van der Waals surface area contributed by atoms with Crippen LogP contribution in [0.15, 0.2) is 41.3 Å². The minimum atomic E-state index is -4.55. The van der Waals surface area contributed by atoms with Crippen LogP contribution in [0.1, 0.15) is 42.4 Å². The normalized spacial score (nSPS) is 14.6. The standard InChI is InChI=1S/C23H20F3N5O7S/c1-4-38-22(33)30-20(27-21(32)16-6-5-12(24)10-18(16)31(34)35)17-11-29(23(2,3)19(17)28-30)39(36,37)15-8-13(25)7-14(26)9-15/h5-10H,4,11H2,1-3H3,(H,27,32). The van der Waals surface area contributed by atoms with Crippen molar-refractivity contribution >= 4 is 33.5 Å². The number of nitrogens with zero attached hydrogens (tertiary/aromatic N) is 4. The summed E-state index contributed by atoms with van der Waals surface area (Å²) in [6, 6.07) is 4.02. The van der Waals surface area contributed by atoms with E-state index in [0.717, 1.165) is 16.4 Å². The van der Waals surface area contributed by atoms with Gasteiger partial charge in [0.05, 0.1) is 33.7 Å². The van der Waals surface area contributed by atoms with Gasteiger partial charge in [-0.05, 0) is 45.0 Å². The first-order valence-corrected chi connectivity index (χ1v) is 12.7. The van der Waals surface area contributed by atoms with E-state index in [4.69, 9.17) is 4.74 Å². The zero-order valence-electron chi connectivity index (χ0n) is 20.6. The first-order chi connectivity index (χ1) is 18.2. The Bertz CT molecular complexity index is 1620. The van der Waals surface area contributed by atoms with Gasteiger partial charge in [0.15, 0.2) is 0 Å². The second-order valence-electron chi connectivity index (χ2n) is 8.84. The van der Waals surface area contributed by atoms with Crippen molar-refractivity contribution in [3.05, 3.63) is 80.8 Å². The van der Waals surface area contributed by atoms with Crippen molar-refractivity contribution in [2.45, 2.75) is 37.8 Å². The molecule has 0 unspecified atom stereocenters. The van der Waals surface area contributed by atoms with E-state index in [0.29, 0.717) is 28.9 Å². The van der Waals surface area contributed by atoms with Crippen LogP contribution in [0.5, 0.6) is 0 Å². The van der Waals surface area contributed by atoms with Crippen LogP contribution in [0, 0.1) is 27.6 Å². The number of hydrogen-bond acceptors (Lipinski definition) is 8. The van der Waals surface area contributed by atoms with Gasteiger partial charge in [-0.3, -0.25) is 14.9 Å². The zero-order valence-corrected chi connectivity index (χ0v) is 21.4. The van der Waals surface area contributed by atoms with Crippen LogP contribution in [0.25, 0.3) is 0 Å². The van der Waals surface area contributed by atoms with Gasteiger partial charge in [-0.25, -0.2) is 26.4 Å². The van der Waals surface area contributed by atoms with Gasteiger partial charge in [0.25, 0.3) is 11.6 Å². The van der Waals surface area contributed by atoms with Gasteiger partial charge in [0.1, 0.15) is 28.8 Å². The van der Waals surface area contributed by atoms with Crippen LogP contribution in [-0.2, 0) is 26.8 Å². The molecule has 1 aliphatic rings. The summed E-state index contributed by atoms with van der Waals surface area (Å²) in [4.78, 5) is 35.5. The van der Waals surface area contributed by atoms with Crippen LogP contribution >= 0.6 is 0 Å². The Balaban J connectivity index is 1.82. The molecule has 0 fully saturated rings. The molecule has 0 aliphatic carbocycles. The highest BCUT2D eigenvalue weighted by atomic mass is 32.2. The number of nitrogens with one attached hydrogen (secondary N) is 1. The summed E-state index contributed by atoms with van der Waals surface area (Å²) in [6.07, 6.45) is -1.05. The minimum Gasteiger partial charge on any atom is -0.448 e. The van der Waals surface area contributed by atoms with Gasteiger partial charge < -0.3 is 10.1 Å². The number of hydrogen-bond donors (Lipinski definition) is 1. The number of halogens is 3. The lowest BCUT2D eigenvalue weighted by Crippen LogP contribution is -2.41. The monoisotopic (exact) mass is 567 g/mol. The summed E-state index contributed by atoms with van der Waals surface area (Å²) in [5, 5.41) is 17.9. The Morgan fingerprint density at radius 3 is 2.36 bits per heavy atom. The van der Waals surface area contributed by atoms with Crippen molar-refractivity contribution in [2.75, 3.05) is 11.9 Å². The summed E-state index contributed by atoms with van der Waals surface area (Å²) in [6.45, 7) is 3.75. The van der Waals surface area contributed by atoms with Gasteiger partial charge in [0, 0.05) is 18.2 Å². The lowest BCUT2D eigenvalue weighted by atomic mass is 10.0. The number of amides is 1. The maximum atomic E-state index is 13.8. The van der Waals surface area contributed by atoms with E-state index in [1.165, 1.54) is 20.8 Å². The second kappa shape index (κ2) is 9.77. The van der Waals surface area contributed by atoms with Crippen molar-refractivity contribution in [1.29, 1.82) is 0 Å². The Morgan fingerprint density at radius 1 is 1.13 bits per heavy atom. The van der Waals surface area contributed by atoms with E-state index in [1.54, 1.807) is 0 Å². The average Bonchev–Trinajstić information content (AvgIpc) is 3.33. The Kier molecular flexibility index (Phi) is 6.95. The molecule has 16 heteroatoms. The molecule has 0 bridgehead atoms. The number of aromatic nitrogens is 2. The summed E-state index contributed by atoms with van der Waals surface area (Å²) >= 11 is 0. The highest BCUT2D eigenvalue weighted by Crippen LogP contribution is 2.45. The first kappa shape index (κ1) is 27.7. The number of carbonyl (C=O) groups excluding carboxylic acids is 2. The molecule has 1 aromatic heterocycles. The molecule has 0 atom stereocenters. The smallest absolute Gasteiger partial charge is 0.436 e. The van der Waals surface area contributed by atoms with E-state index in [9.17, 15) is 41.3 Å². The Morgan fingerprint density at radius 2 is 1.77 bits per heavy atom. The number of carbonyl (C=O) groups is 2.